The Morgan fingerprint density at radius 1 is 0.966 bits per heavy atom. The highest BCUT2D eigenvalue weighted by Crippen LogP contribution is 2.18. The highest BCUT2D eigenvalue weighted by Gasteiger charge is 2.10. The van der Waals surface area contributed by atoms with Gasteiger partial charge >= 0.3 is 5.97 Å². The maximum absolute atomic E-state index is 12.4. The SMILES string of the molecule is CCOC(=O)c1ccc(Nc2ncc(C(=O)Nc3cc(C)ccc3C)cn2)cc1. The predicted octanol–water partition coefficient (Wildman–Crippen LogP) is 4.27. The fourth-order valence-corrected chi connectivity index (χ4v) is 2.61. The second-order valence-corrected chi connectivity index (χ2v) is 6.49. The molecule has 3 aromatic rings. The van der Waals surface area contributed by atoms with Gasteiger partial charge in [-0.15, -0.1) is 0 Å². The quantitative estimate of drug-likeness (QED) is 0.611. The molecule has 1 heterocycles. The molecule has 3 rings (SSSR count). The average molecular weight is 390 g/mol. The molecule has 2 aromatic carbocycles. The minimum atomic E-state index is -0.366. The maximum atomic E-state index is 12.4. The fourth-order valence-electron chi connectivity index (χ4n) is 2.61. The van der Waals surface area contributed by atoms with E-state index in [-0.39, 0.29) is 11.9 Å². The molecule has 0 aliphatic carbocycles. The van der Waals surface area contributed by atoms with E-state index in [1.165, 1.54) is 12.4 Å². The van der Waals surface area contributed by atoms with Crippen molar-refractivity contribution in [1.29, 1.82) is 0 Å². The minimum Gasteiger partial charge on any atom is -0.462 e. The van der Waals surface area contributed by atoms with Gasteiger partial charge in [0, 0.05) is 23.8 Å². The van der Waals surface area contributed by atoms with Crippen LogP contribution in [0.5, 0.6) is 0 Å². The molecule has 0 aliphatic heterocycles. The van der Waals surface area contributed by atoms with Gasteiger partial charge in [-0.05, 0) is 62.2 Å². The molecule has 148 valence electrons. The number of amides is 1. The molecule has 0 atom stereocenters. The van der Waals surface area contributed by atoms with E-state index in [2.05, 4.69) is 20.6 Å². The Labute approximate surface area is 169 Å². The van der Waals surface area contributed by atoms with Crippen molar-refractivity contribution in [2.24, 2.45) is 0 Å². The summed E-state index contributed by atoms with van der Waals surface area (Å²) in [6, 6.07) is 12.7. The molecule has 0 fully saturated rings. The Bertz CT molecular complexity index is 1020. The summed E-state index contributed by atoms with van der Waals surface area (Å²) >= 11 is 0. The number of nitrogens with zero attached hydrogens (tertiary/aromatic N) is 2. The van der Waals surface area contributed by atoms with Crippen molar-refractivity contribution in [2.75, 3.05) is 17.2 Å². The van der Waals surface area contributed by atoms with Gasteiger partial charge in [0.05, 0.1) is 17.7 Å². The van der Waals surface area contributed by atoms with E-state index in [0.29, 0.717) is 29.4 Å². The second-order valence-electron chi connectivity index (χ2n) is 6.49. The number of rotatable bonds is 6. The summed E-state index contributed by atoms with van der Waals surface area (Å²) in [4.78, 5) is 32.5. The number of aromatic nitrogens is 2. The van der Waals surface area contributed by atoms with Gasteiger partial charge in [-0.1, -0.05) is 12.1 Å². The van der Waals surface area contributed by atoms with Gasteiger partial charge in [-0.2, -0.15) is 0 Å². The highest BCUT2D eigenvalue weighted by molar-refractivity contribution is 6.04. The number of ether oxygens (including phenoxy) is 1. The van der Waals surface area contributed by atoms with Crippen molar-refractivity contribution in [3.05, 3.63) is 77.1 Å². The summed E-state index contributed by atoms with van der Waals surface area (Å²) in [6.45, 7) is 6.00. The first-order valence-corrected chi connectivity index (χ1v) is 9.21. The van der Waals surface area contributed by atoms with Crippen LogP contribution in [0.2, 0.25) is 0 Å². The number of nitrogens with one attached hydrogen (secondary N) is 2. The summed E-state index contributed by atoms with van der Waals surface area (Å²) in [5.41, 5.74) is 4.35. The van der Waals surface area contributed by atoms with Crippen molar-refractivity contribution >= 4 is 29.2 Å². The molecule has 29 heavy (non-hydrogen) atoms. The molecule has 7 nitrogen and oxygen atoms in total. The van der Waals surface area contributed by atoms with Gasteiger partial charge in [0.15, 0.2) is 0 Å². The van der Waals surface area contributed by atoms with Crippen LogP contribution in [0.3, 0.4) is 0 Å². The summed E-state index contributed by atoms with van der Waals surface area (Å²) in [5.74, 6) is -0.296. The molecule has 0 spiro atoms. The lowest BCUT2D eigenvalue weighted by Crippen LogP contribution is -2.14. The summed E-state index contributed by atoms with van der Waals surface area (Å²) in [6.07, 6.45) is 2.92. The fraction of sp³-hybridized carbons (Fsp3) is 0.182. The molecule has 1 amide bonds. The van der Waals surface area contributed by atoms with Crippen LogP contribution in [0.25, 0.3) is 0 Å². The molecule has 2 N–H and O–H groups in total. The van der Waals surface area contributed by atoms with Gasteiger partial charge in [-0.25, -0.2) is 14.8 Å². The smallest absolute Gasteiger partial charge is 0.338 e. The lowest BCUT2D eigenvalue weighted by atomic mass is 10.1. The van der Waals surface area contributed by atoms with E-state index < -0.39 is 0 Å². The van der Waals surface area contributed by atoms with Gasteiger partial charge in [-0.3, -0.25) is 4.79 Å². The van der Waals surface area contributed by atoms with Crippen molar-refractivity contribution < 1.29 is 14.3 Å². The molecule has 0 aliphatic rings. The third kappa shape index (κ3) is 5.16. The maximum Gasteiger partial charge on any atom is 0.338 e. The molecule has 0 bridgehead atoms. The summed E-state index contributed by atoms with van der Waals surface area (Å²) in [7, 11) is 0. The van der Waals surface area contributed by atoms with Crippen LogP contribution >= 0.6 is 0 Å². The normalized spacial score (nSPS) is 10.3. The number of carbonyl (C=O) groups is 2. The minimum absolute atomic E-state index is 0.274. The standard InChI is InChI=1S/C22H22N4O3/c1-4-29-21(28)16-7-9-18(10-8-16)25-22-23-12-17(13-24-22)20(27)26-19-11-14(2)5-6-15(19)3/h5-13H,4H2,1-3H3,(H,26,27)(H,23,24,25). The third-order valence-electron chi connectivity index (χ3n) is 4.21. The van der Waals surface area contributed by atoms with E-state index in [4.69, 9.17) is 4.74 Å². The molecular formula is C22H22N4O3. The lowest BCUT2D eigenvalue weighted by Gasteiger charge is -2.10. The Balaban J connectivity index is 1.64. The molecule has 7 heteroatoms. The molecule has 0 radical (unpaired) electrons. The van der Waals surface area contributed by atoms with Crippen LogP contribution in [-0.4, -0.2) is 28.5 Å². The first-order chi connectivity index (χ1) is 14.0. The summed E-state index contributed by atoms with van der Waals surface area (Å²) in [5, 5.41) is 5.91. The Morgan fingerprint density at radius 2 is 1.66 bits per heavy atom. The van der Waals surface area contributed by atoms with Crippen LogP contribution in [-0.2, 0) is 4.74 Å². The monoisotopic (exact) mass is 390 g/mol. The predicted molar refractivity (Wildman–Crippen MR) is 112 cm³/mol. The van der Waals surface area contributed by atoms with Gasteiger partial charge in [0.25, 0.3) is 5.91 Å². The topological polar surface area (TPSA) is 93.2 Å². The molecular weight excluding hydrogens is 368 g/mol. The zero-order valence-electron chi connectivity index (χ0n) is 16.5. The van der Waals surface area contributed by atoms with Crippen LogP contribution in [0, 0.1) is 13.8 Å². The van der Waals surface area contributed by atoms with E-state index in [9.17, 15) is 9.59 Å². The van der Waals surface area contributed by atoms with Crippen molar-refractivity contribution in [3.63, 3.8) is 0 Å². The zero-order valence-corrected chi connectivity index (χ0v) is 16.5. The number of carbonyl (C=O) groups excluding carboxylic acids is 2. The number of aryl methyl sites for hydroxylation is 2. The summed E-state index contributed by atoms with van der Waals surface area (Å²) < 4.78 is 4.96. The van der Waals surface area contributed by atoms with Gasteiger partial charge in [0.1, 0.15) is 0 Å². The number of hydrogen-bond donors (Lipinski definition) is 2. The molecule has 0 saturated heterocycles. The first-order valence-electron chi connectivity index (χ1n) is 9.21. The lowest BCUT2D eigenvalue weighted by molar-refractivity contribution is 0.0526. The molecule has 0 unspecified atom stereocenters. The largest absolute Gasteiger partial charge is 0.462 e. The van der Waals surface area contributed by atoms with E-state index in [0.717, 1.165) is 16.8 Å². The Hall–Kier alpha value is -3.74. The zero-order chi connectivity index (χ0) is 20.8. The number of esters is 1. The van der Waals surface area contributed by atoms with Crippen molar-refractivity contribution in [3.8, 4) is 0 Å². The first kappa shape index (κ1) is 20.0. The molecule has 1 aromatic heterocycles. The van der Waals surface area contributed by atoms with E-state index in [1.807, 2.05) is 32.0 Å². The van der Waals surface area contributed by atoms with Gasteiger partial charge < -0.3 is 15.4 Å². The Morgan fingerprint density at radius 3 is 2.31 bits per heavy atom. The third-order valence-corrected chi connectivity index (χ3v) is 4.21. The van der Waals surface area contributed by atoms with E-state index >= 15 is 0 Å². The van der Waals surface area contributed by atoms with Crippen molar-refractivity contribution in [1.82, 2.24) is 9.97 Å². The second kappa shape index (κ2) is 8.97. The van der Waals surface area contributed by atoms with E-state index in [1.54, 1.807) is 31.2 Å². The van der Waals surface area contributed by atoms with Crippen LogP contribution < -0.4 is 10.6 Å². The Kier molecular flexibility index (Phi) is 6.19. The number of hydrogen-bond acceptors (Lipinski definition) is 6. The number of anilines is 3. The molecule has 0 saturated carbocycles. The van der Waals surface area contributed by atoms with Gasteiger partial charge in [0.2, 0.25) is 5.95 Å². The van der Waals surface area contributed by atoms with Crippen LogP contribution in [0.15, 0.2) is 54.9 Å². The number of benzene rings is 2. The van der Waals surface area contributed by atoms with Crippen LogP contribution in [0.4, 0.5) is 17.3 Å². The van der Waals surface area contributed by atoms with Crippen LogP contribution in [0.1, 0.15) is 38.8 Å². The average Bonchev–Trinajstić information content (AvgIpc) is 2.72. The van der Waals surface area contributed by atoms with Crippen molar-refractivity contribution in [2.45, 2.75) is 20.8 Å². The highest BCUT2D eigenvalue weighted by atomic mass is 16.5.